The second kappa shape index (κ2) is 8.51. The zero-order valence-corrected chi connectivity index (χ0v) is 17.7. The van der Waals surface area contributed by atoms with Crippen molar-refractivity contribution in [2.24, 2.45) is 7.05 Å². The van der Waals surface area contributed by atoms with Crippen LogP contribution in [0.1, 0.15) is 16.2 Å². The van der Waals surface area contributed by atoms with Gasteiger partial charge in [0.15, 0.2) is 5.82 Å². The molecule has 1 saturated heterocycles. The van der Waals surface area contributed by atoms with Crippen molar-refractivity contribution in [3.05, 3.63) is 53.6 Å². The number of tetrazole rings is 1. The van der Waals surface area contributed by atoms with E-state index in [0.717, 1.165) is 5.69 Å². The van der Waals surface area contributed by atoms with Crippen molar-refractivity contribution in [2.45, 2.75) is 6.61 Å². The molecule has 3 heterocycles. The minimum Gasteiger partial charge on any atom is -0.483 e. The lowest BCUT2D eigenvalue weighted by molar-refractivity contribution is 0.0699. The highest BCUT2D eigenvalue weighted by atomic mass is 19.1. The van der Waals surface area contributed by atoms with Crippen LogP contribution in [0.5, 0.6) is 5.75 Å². The van der Waals surface area contributed by atoms with Crippen LogP contribution in [0.3, 0.4) is 0 Å². The normalized spacial score (nSPS) is 14.1. The lowest BCUT2D eigenvalue weighted by atomic mass is 10.0. The van der Waals surface area contributed by atoms with Crippen LogP contribution in [-0.2, 0) is 18.4 Å². The molecule has 0 spiro atoms. The maximum atomic E-state index is 13.4. The number of anilines is 1. The number of hydrogen-bond donors (Lipinski definition) is 1. The molecule has 2 aromatic carbocycles. The summed E-state index contributed by atoms with van der Waals surface area (Å²) < 4.78 is 32.4. The molecule has 5 rings (SSSR count). The van der Waals surface area contributed by atoms with Gasteiger partial charge in [-0.1, -0.05) is 0 Å². The second-order valence-electron chi connectivity index (χ2n) is 7.54. The predicted molar refractivity (Wildman–Crippen MR) is 115 cm³/mol. The van der Waals surface area contributed by atoms with E-state index in [0.29, 0.717) is 54.4 Å². The Hall–Kier alpha value is -3.99. The fraction of sp³-hybridized carbons (Fsp3) is 0.273. The van der Waals surface area contributed by atoms with E-state index in [4.69, 9.17) is 13.9 Å². The van der Waals surface area contributed by atoms with Gasteiger partial charge in [-0.2, -0.15) is 0 Å². The van der Waals surface area contributed by atoms with E-state index in [1.807, 2.05) is 0 Å². The molecule has 4 aromatic rings. The molecule has 0 bridgehead atoms. The summed E-state index contributed by atoms with van der Waals surface area (Å²) in [6.45, 7) is 2.50. The Labute approximate surface area is 187 Å². The molecular formula is C22H20FN5O5. The Bertz CT molecular complexity index is 1310. The van der Waals surface area contributed by atoms with Crippen LogP contribution in [-0.4, -0.2) is 57.6 Å². The van der Waals surface area contributed by atoms with E-state index in [-0.39, 0.29) is 17.9 Å². The Morgan fingerprint density at radius 2 is 1.97 bits per heavy atom. The average molecular weight is 453 g/mol. The van der Waals surface area contributed by atoms with Crippen LogP contribution in [0.2, 0.25) is 0 Å². The number of furan rings is 1. The van der Waals surface area contributed by atoms with Gasteiger partial charge in [0.25, 0.3) is 0 Å². The molecule has 170 valence electrons. The standard InChI is InChI=1S/C22H20FN5O5/c1-27-19(24-25-26-27)12-32-18-10-15-17(11-16(18)28-6-8-31-9-7-28)33-21(20(15)22(29)30)13-2-4-14(23)5-3-13/h2-5,10-11H,6-9,12H2,1H3,(H,29,30). The van der Waals surface area contributed by atoms with Gasteiger partial charge in [-0.05, 0) is 40.8 Å². The Morgan fingerprint density at radius 3 is 2.64 bits per heavy atom. The monoisotopic (exact) mass is 453 g/mol. The maximum Gasteiger partial charge on any atom is 0.340 e. The van der Waals surface area contributed by atoms with Crippen LogP contribution in [0, 0.1) is 5.82 Å². The lowest BCUT2D eigenvalue weighted by Gasteiger charge is -2.30. The van der Waals surface area contributed by atoms with Gasteiger partial charge in [-0.3, -0.25) is 0 Å². The van der Waals surface area contributed by atoms with E-state index in [1.165, 1.54) is 28.9 Å². The third kappa shape index (κ3) is 3.98. The van der Waals surface area contributed by atoms with E-state index in [1.54, 1.807) is 19.2 Å². The first-order valence-electron chi connectivity index (χ1n) is 10.3. The van der Waals surface area contributed by atoms with Crippen LogP contribution in [0.4, 0.5) is 10.1 Å². The van der Waals surface area contributed by atoms with E-state index in [9.17, 15) is 14.3 Å². The number of aromatic carboxylic acids is 1. The summed E-state index contributed by atoms with van der Waals surface area (Å²) in [5, 5.41) is 21.7. The molecular weight excluding hydrogens is 433 g/mol. The van der Waals surface area contributed by atoms with Gasteiger partial charge in [0.05, 0.1) is 18.9 Å². The number of rotatable bonds is 6. The molecule has 0 amide bonds. The number of carboxylic acids is 1. The highest BCUT2D eigenvalue weighted by Gasteiger charge is 2.26. The van der Waals surface area contributed by atoms with Crippen molar-refractivity contribution < 1.29 is 28.2 Å². The van der Waals surface area contributed by atoms with Crippen molar-refractivity contribution in [2.75, 3.05) is 31.2 Å². The van der Waals surface area contributed by atoms with Crippen LogP contribution < -0.4 is 9.64 Å². The molecule has 11 heteroatoms. The first-order chi connectivity index (χ1) is 16.0. The van der Waals surface area contributed by atoms with Crippen molar-refractivity contribution in [1.82, 2.24) is 20.2 Å². The minimum atomic E-state index is -1.16. The summed E-state index contributed by atoms with van der Waals surface area (Å²) in [7, 11) is 1.71. The molecule has 33 heavy (non-hydrogen) atoms. The van der Waals surface area contributed by atoms with Crippen molar-refractivity contribution in [1.29, 1.82) is 0 Å². The van der Waals surface area contributed by atoms with Crippen molar-refractivity contribution >= 4 is 22.6 Å². The summed E-state index contributed by atoms with van der Waals surface area (Å²) in [6.07, 6.45) is 0. The van der Waals surface area contributed by atoms with Gasteiger partial charge < -0.3 is 23.9 Å². The van der Waals surface area contributed by atoms with Crippen LogP contribution in [0.15, 0.2) is 40.8 Å². The van der Waals surface area contributed by atoms with E-state index < -0.39 is 11.8 Å². The third-order valence-corrected chi connectivity index (χ3v) is 5.51. The number of aryl methyl sites for hydroxylation is 1. The molecule has 1 N–H and O–H groups in total. The van der Waals surface area contributed by atoms with Crippen molar-refractivity contribution in [3.8, 4) is 17.1 Å². The van der Waals surface area contributed by atoms with E-state index >= 15 is 0 Å². The number of aromatic nitrogens is 4. The summed E-state index contributed by atoms with van der Waals surface area (Å²) in [5.41, 5.74) is 1.58. The first kappa shape index (κ1) is 20.9. The SMILES string of the molecule is Cn1nnnc1COc1cc2c(C(=O)O)c(-c3ccc(F)cc3)oc2cc1N1CCOCC1. The fourth-order valence-corrected chi connectivity index (χ4v) is 3.81. The zero-order chi connectivity index (χ0) is 22.9. The molecule has 0 saturated carbocycles. The third-order valence-electron chi connectivity index (χ3n) is 5.51. The molecule has 0 radical (unpaired) electrons. The quantitative estimate of drug-likeness (QED) is 0.470. The smallest absolute Gasteiger partial charge is 0.340 e. The Morgan fingerprint density at radius 1 is 1.21 bits per heavy atom. The fourth-order valence-electron chi connectivity index (χ4n) is 3.81. The van der Waals surface area contributed by atoms with Gasteiger partial charge >= 0.3 is 5.97 Å². The summed E-state index contributed by atoms with van der Waals surface area (Å²) in [6, 6.07) is 8.92. The maximum absolute atomic E-state index is 13.4. The molecule has 1 aliphatic rings. The minimum absolute atomic E-state index is 0.0182. The summed E-state index contributed by atoms with van der Waals surface area (Å²) in [5.74, 6) is -0.437. The van der Waals surface area contributed by atoms with Gasteiger partial charge in [0.1, 0.15) is 35.1 Å². The zero-order valence-electron chi connectivity index (χ0n) is 17.7. The highest BCUT2D eigenvalue weighted by Crippen LogP contribution is 2.40. The van der Waals surface area contributed by atoms with Crippen LogP contribution >= 0.6 is 0 Å². The number of halogens is 1. The number of benzene rings is 2. The van der Waals surface area contributed by atoms with Gasteiger partial charge in [0, 0.05) is 37.2 Å². The molecule has 0 unspecified atom stereocenters. The average Bonchev–Trinajstić information content (AvgIpc) is 3.40. The number of carbonyl (C=O) groups is 1. The number of fused-ring (bicyclic) bond motifs is 1. The van der Waals surface area contributed by atoms with Gasteiger partial charge in [-0.25, -0.2) is 13.9 Å². The molecule has 10 nitrogen and oxygen atoms in total. The van der Waals surface area contributed by atoms with E-state index in [2.05, 4.69) is 20.4 Å². The van der Waals surface area contributed by atoms with Gasteiger partial charge in [0.2, 0.25) is 0 Å². The predicted octanol–water partition coefficient (Wildman–Crippen LogP) is 2.88. The van der Waals surface area contributed by atoms with Crippen molar-refractivity contribution in [3.63, 3.8) is 0 Å². The first-order valence-corrected chi connectivity index (χ1v) is 10.3. The molecule has 0 aliphatic carbocycles. The van der Waals surface area contributed by atoms with Crippen LogP contribution in [0.25, 0.3) is 22.3 Å². The second-order valence-corrected chi connectivity index (χ2v) is 7.54. The lowest BCUT2D eigenvalue weighted by Crippen LogP contribution is -2.36. The molecule has 2 aromatic heterocycles. The number of carboxylic acid groups (broad SMARTS) is 1. The van der Waals surface area contributed by atoms with Gasteiger partial charge in [-0.15, -0.1) is 5.10 Å². The Kier molecular flexibility index (Phi) is 5.38. The Balaban J connectivity index is 1.64. The highest BCUT2D eigenvalue weighted by molar-refractivity contribution is 6.09. The number of ether oxygens (including phenoxy) is 2. The summed E-state index contributed by atoms with van der Waals surface area (Å²) >= 11 is 0. The molecule has 1 aliphatic heterocycles. The molecule has 0 atom stereocenters. The number of morpholine rings is 1. The number of nitrogens with zero attached hydrogens (tertiary/aromatic N) is 5. The summed E-state index contributed by atoms with van der Waals surface area (Å²) in [4.78, 5) is 14.3. The topological polar surface area (TPSA) is 116 Å². The molecule has 1 fully saturated rings. The number of hydrogen-bond acceptors (Lipinski definition) is 8. The largest absolute Gasteiger partial charge is 0.483 e.